The lowest BCUT2D eigenvalue weighted by atomic mass is 10.1. The molecule has 2 atom stereocenters. The Bertz CT molecular complexity index is 699. The first-order chi connectivity index (χ1) is 13.1. The lowest BCUT2D eigenvalue weighted by Crippen LogP contribution is -2.44. The van der Waals surface area contributed by atoms with Crippen molar-refractivity contribution in [3.05, 3.63) is 11.6 Å². The molecule has 0 fully saturated rings. The lowest BCUT2D eigenvalue weighted by molar-refractivity contribution is 0.0278. The van der Waals surface area contributed by atoms with Crippen molar-refractivity contribution in [3.8, 4) is 0 Å². The Labute approximate surface area is 191 Å². The van der Waals surface area contributed by atoms with Crippen LogP contribution in [-0.4, -0.2) is 64.5 Å². The zero-order valence-electron chi connectivity index (χ0n) is 18.7. The molecule has 10 heteroatoms. The fraction of sp³-hybridized carbons (Fsp3) is 0.789. The number of guanidine groups is 1. The molecule has 0 bridgehead atoms. The SMILES string of the molecule is CN=C(NCC(C)CN(C)C(=O)OC(C)(C)C)NC1CCCn2nc(C)nc21.I. The van der Waals surface area contributed by atoms with E-state index in [1.807, 2.05) is 32.4 Å². The second-order valence-electron chi connectivity index (χ2n) is 8.50. The molecule has 1 aromatic heterocycles. The molecule has 2 N–H and O–H groups in total. The number of hydrogen-bond acceptors (Lipinski definition) is 5. The molecular weight excluding hydrogens is 485 g/mol. The lowest BCUT2D eigenvalue weighted by Gasteiger charge is -2.27. The van der Waals surface area contributed by atoms with Crippen LogP contribution < -0.4 is 10.6 Å². The molecule has 2 unspecified atom stereocenters. The van der Waals surface area contributed by atoms with Crippen LogP contribution in [0.2, 0.25) is 0 Å². The van der Waals surface area contributed by atoms with Gasteiger partial charge < -0.3 is 20.3 Å². The Hall–Kier alpha value is -1.59. The van der Waals surface area contributed by atoms with E-state index in [2.05, 4.69) is 32.6 Å². The monoisotopic (exact) mass is 521 g/mol. The molecule has 0 aliphatic carbocycles. The van der Waals surface area contributed by atoms with Gasteiger partial charge in [-0.15, -0.1) is 24.0 Å². The smallest absolute Gasteiger partial charge is 0.410 e. The molecule has 1 aliphatic heterocycles. The number of nitrogens with one attached hydrogen (secondary N) is 2. The highest BCUT2D eigenvalue weighted by atomic mass is 127. The Balaban J connectivity index is 0.00000420. The van der Waals surface area contributed by atoms with Crippen LogP contribution in [0, 0.1) is 12.8 Å². The molecule has 29 heavy (non-hydrogen) atoms. The largest absolute Gasteiger partial charge is 0.444 e. The number of carbonyl (C=O) groups excluding carboxylic acids is 1. The summed E-state index contributed by atoms with van der Waals surface area (Å²) >= 11 is 0. The fourth-order valence-corrected chi connectivity index (χ4v) is 3.18. The van der Waals surface area contributed by atoms with Crippen molar-refractivity contribution in [2.75, 3.05) is 27.2 Å². The van der Waals surface area contributed by atoms with Gasteiger partial charge in [-0.2, -0.15) is 5.10 Å². The van der Waals surface area contributed by atoms with Crippen LogP contribution in [0.25, 0.3) is 0 Å². The summed E-state index contributed by atoms with van der Waals surface area (Å²) < 4.78 is 7.37. The number of aliphatic imine (C=N–C) groups is 1. The van der Waals surface area contributed by atoms with Crippen LogP contribution in [0.15, 0.2) is 4.99 Å². The Morgan fingerprint density at radius 1 is 1.45 bits per heavy atom. The third kappa shape index (κ3) is 7.98. The predicted molar refractivity (Wildman–Crippen MR) is 125 cm³/mol. The molecule has 1 aliphatic rings. The first-order valence-electron chi connectivity index (χ1n) is 9.91. The molecule has 2 rings (SSSR count). The van der Waals surface area contributed by atoms with Crippen molar-refractivity contribution in [2.24, 2.45) is 10.9 Å². The van der Waals surface area contributed by atoms with Gasteiger partial charge in [0.1, 0.15) is 17.2 Å². The maximum atomic E-state index is 12.1. The summed E-state index contributed by atoms with van der Waals surface area (Å²) in [5.74, 6) is 2.72. The van der Waals surface area contributed by atoms with Gasteiger partial charge in [0.15, 0.2) is 5.96 Å². The number of aryl methyl sites for hydroxylation is 2. The molecule has 0 saturated heterocycles. The maximum Gasteiger partial charge on any atom is 0.410 e. The number of nitrogens with zero attached hydrogens (tertiary/aromatic N) is 5. The van der Waals surface area contributed by atoms with Crippen LogP contribution in [0.3, 0.4) is 0 Å². The quantitative estimate of drug-likeness (QED) is 0.352. The normalized spacial score (nSPS) is 17.6. The van der Waals surface area contributed by atoms with Crippen molar-refractivity contribution in [2.45, 2.75) is 65.6 Å². The van der Waals surface area contributed by atoms with E-state index in [9.17, 15) is 4.79 Å². The second kappa shape index (κ2) is 11.0. The Morgan fingerprint density at radius 3 is 2.76 bits per heavy atom. The van der Waals surface area contributed by atoms with E-state index >= 15 is 0 Å². The minimum atomic E-state index is -0.488. The maximum absolute atomic E-state index is 12.1. The van der Waals surface area contributed by atoms with Crippen molar-refractivity contribution in [1.29, 1.82) is 0 Å². The van der Waals surface area contributed by atoms with Gasteiger partial charge in [0.2, 0.25) is 0 Å². The molecule has 0 radical (unpaired) electrons. The molecule has 1 aromatic rings. The van der Waals surface area contributed by atoms with Gasteiger partial charge in [0, 0.05) is 33.7 Å². The molecule has 0 aromatic carbocycles. The molecule has 0 spiro atoms. The van der Waals surface area contributed by atoms with Crippen LogP contribution in [0.5, 0.6) is 0 Å². The van der Waals surface area contributed by atoms with Gasteiger partial charge in [-0.3, -0.25) is 4.99 Å². The number of amides is 1. The van der Waals surface area contributed by atoms with E-state index in [0.717, 1.165) is 37.0 Å². The molecule has 2 heterocycles. The fourth-order valence-electron chi connectivity index (χ4n) is 3.18. The van der Waals surface area contributed by atoms with Crippen molar-refractivity contribution in [1.82, 2.24) is 30.3 Å². The first-order valence-corrected chi connectivity index (χ1v) is 9.91. The number of aromatic nitrogens is 3. The summed E-state index contributed by atoms with van der Waals surface area (Å²) in [6, 6.07) is 0.0980. The Kier molecular flexibility index (Phi) is 9.63. The highest BCUT2D eigenvalue weighted by Gasteiger charge is 2.25. The minimum absolute atomic E-state index is 0. The third-order valence-electron chi connectivity index (χ3n) is 4.42. The van der Waals surface area contributed by atoms with Gasteiger partial charge in [-0.25, -0.2) is 14.5 Å². The highest BCUT2D eigenvalue weighted by Crippen LogP contribution is 2.22. The van der Waals surface area contributed by atoms with E-state index in [1.54, 1.807) is 19.0 Å². The summed E-state index contributed by atoms with van der Waals surface area (Å²) in [5, 5.41) is 11.2. The standard InChI is InChI=1S/C19H35N7O2.HI/c1-13(12-25(7)18(27)28-19(3,4)5)11-21-17(20-6)23-15-9-8-10-26-16(15)22-14(2)24-26;/h13,15H,8-12H2,1-7H3,(H2,20,21,23);1H. The molecular formula is C19H36IN7O2. The van der Waals surface area contributed by atoms with Crippen LogP contribution in [0.1, 0.15) is 58.2 Å². The van der Waals surface area contributed by atoms with Crippen LogP contribution >= 0.6 is 24.0 Å². The van der Waals surface area contributed by atoms with E-state index in [0.29, 0.717) is 13.1 Å². The minimum Gasteiger partial charge on any atom is -0.444 e. The van der Waals surface area contributed by atoms with Gasteiger partial charge in [0.25, 0.3) is 0 Å². The van der Waals surface area contributed by atoms with Crippen LogP contribution in [-0.2, 0) is 11.3 Å². The van der Waals surface area contributed by atoms with Gasteiger partial charge in [-0.05, 0) is 46.5 Å². The zero-order valence-corrected chi connectivity index (χ0v) is 21.0. The van der Waals surface area contributed by atoms with E-state index in [1.165, 1.54) is 0 Å². The van der Waals surface area contributed by atoms with Crippen molar-refractivity contribution < 1.29 is 9.53 Å². The topological polar surface area (TPSA) is 96.7 Å². The summed E-state index contributed by atoms with van der Waals surface area (Å²) in [6.45, 7) is 11.8. The van der Waals surface area contributed by atoms with E-state index < -0.39 is 5.60 Å². The number of fused-ring (bicyclic) bond motifs is 1. The Morgan fingerprint density at radius 2 is 2.14 bits per heavy atom. The van der Waals surface area contributed by atoms with Crippen LogP contribution in [0.4, 0.5) is 4.79 Å². The molecule has 9 nitrogen and oxygen atoms in total. The van der Waals surface area contributed by atoms with Gasteiger partial charge >= 0.3 is 6.09 Å². The summed E-state index contributed by atoms with van der Waals surface area (Å²) in [4.78, 5) is 22.6. The summed E-state index contributed by atoms with van der Waals surface area (Å²) in [5.41, 5.74) is -0.488. The van der Waals surface area contributed by atoms with Gasteiger partial charge in [-0.1, -0.05) is 6.92 Å². The zero-order chi connectivity index (χ0) is 20.9. The summed E-state index contributed by atoms with van der Waals surface area (Å²) in [6.07, 6.45) is 1.75. The number of rotatable bonds is 5. The van der Waals surface area contributed by atoms with Crippen molar-refractivity contribution >= 4 is 36.0 Å². The first kappa shape index (κ1) is 25.4. The summed E-state index contributed by atoms with van der Waals surface area (Å²) in [7, 11) is 3.51. The number of halogens is 1. The number of hydrogen-bond donors (Lipinski definition) is 2. The average molecular weight is 521 g/mol. The number of ether oxygens (including phenoxy) is 1. The molecule has 1 amide bonds. The van der Waals surface area contributed by atoms with Crippen molar-refractivity contribution in [3.63, 3.8) is 0 Å². The average Bonchev–Trinajstić information content (AvgIpc) is 2.98. The third-order valence-corrected chi connectivity index (χ3v) is 4.42. The second-order valence-corrected chi connectivity index (χ2v) is 8.50. The van der Waals surface area contributed by atoms with E-state index in [4.69, 9.17) is 4.74 Å². The molecule has 0 saturated carbocycles. The number of carbonyl (C=O) groups is 1. The predicted octanol–water partition coefficient (Wildman–Crippen LogP) is 2.71. The highest BCUT2D eigenvalue weighted by molar-refractivity contribution is 14.0. The van der Waals surface area contributed by atoms with Gasteiger partial charge in [0.05, 0.1) is 6.04 Å². The van der Waals surface area contributed by atoms with E-state index in [-0.39, 0.29) is 42.0 Å². The molecule has 166 valence electrons.